The van der Waals surface area contributed by atoms with Crippen LogP contribution in [-0.2, 0) is 17.8 Å². The Kier molecular flexibility index (Phi) is 6.75. The number of benzene rings is 4. The molecule has 1 amide bonds. The monoisotopic (exact) mass is 472 g/mol. The number of rotatable bonds is 7. The Labute approximate surface area is 189 Å². The number of fused-ring (bicyclic) bond motifs is 1. The van der Waals surface area contributed by atoms with Crippen LogP contribution >= 0.6 is 15.9 Å². The van der Waals surface area contributed by atoms with Crippen LogP contribution in [0, 0.1) is 0 Å². The van der Waals surface area contributed by atoms with Gasteiger partial charge in [-0.3, -0.25) is 4.79 Å². The molecule has 0 atom stereocenters. The highest BCUT2D eigenvalue weighted by molar-refractivity contribution is 9.10. The van der Waals surface area contributed by atoms with E-state index in [1.807, 2.05) is 66.7 Å². The molecule has 0 aliphatic carbocycles. The molecule has 4 aromatic rings. The van der Waals surface area contributed by atoms with Gasteiger partial charge >= 0.3 is 0 Å². The van der Waals surface area contributed by atoms with Gasteiger partial charge in [0.15, 0.2) is 0 Å². The zero-order chi connectivity index (χ0) is 21.5. The lowest BCUT2D eigenvalue weighted by atomic mass is 10.1. The van der Waals surface area contributed by atoms with Crippen molar-refractivity contribution in [2.24, 2.45) is 5.10 Å². The average Bonchev–Trinajstić information content (AvgIpc) is 2.80. The number of ether oxygens (including phenoxy) is 1. The molecule has 0 bridgehead atoms. The van der Waals surface area contributed by atoms with Gasteiger partial charge in [-0.05, 0) is 63.9 Å². The van der Waals surface area contributed by atoms with Gasteiger partial charge in [0.25, 0.3) is 0 Å². The number of halogens is 1. The van der Waals surface area contributed by atoms with Crippen molar-refractivity contribution in [3.8, 4) is 5.75 Å². The summed E-state index contributed by atoms with van der Waals surface area (Å²) < 4.78 is 6.94. The molecule has 31 heavy (non-hydrogen) atoms. The summed E-state index contributed by atoms with van der Waals surface area (Å²) in [6, 6.07) is 29.8. The lowest BCUT2D eigenvalue weighted by Crippen LogP contribution is -2.19. The van der Waals surface area contributed by atoms with Crippen molar-refractivity contribution in [1.29, 1.82) is 0 Å². The van der Waals surface area contributed by atoms with E-state index in [4.69, 9.17) is 4.74 Å². The molecule has 0 saturated carbocycles. The minimum Gasteiger partial charge on any atom is -0.489 e. The summed E-state index contributed by atoms with van der Waals surface area (Å²) in [6.07, 6.45) is 1.90. The molecule has 5 heteroatoms. The lowest BCUT2D eigenvalue weighted by molar-refractivity contribution is -0.120. The minimum atomic E-state index is -0.159. The SMILES string of the molecule is O=C(Cc1ccc(Br)cc1)N/N=C/c1ccc(OCc2cccc3ccccc23)cc1. The molecule has 0 radical (unpaired) electrons. The number of carbonyl (C=O) groups is 1. The number of nitrogens with one attached hydrogen (secondary N) is 1. The van der Waals surface area contributed by atoms with Crippen molar-refractivity contribution < 1.29 is 9.53 Å². The summed E-state index contributed by atoms with van der Waals surface area (Å²) in [4.78, 5) is 12.0. The maximum absolute atomic E-state index is 12.0. The first kappa shape index (κ1) is 20.8. The van der Waals surface area contributed by atoms with Gasteiger partial charge in [-0.15, -0.1) is 0 Å². The van der Waals surface area contributed by atoms with Crippen LogP contribution in [0.1, 0.15) is 16.7 Å². The van der Waals surface area contributed by atoms with E-state index in [0.717, 1.165) is 26.9 Å². The van der Waals surface area contributed by atoms with E-state index in [0.29, 0.717) is 6.61 Å². The molecule has 0 fully saturated rings. The highest BCUT2D eigenvalue weighted by Crippen LogP contribution is 2.21. The molecular formula is C26H21BrN2O2. The van der Waals surface area contributed by atoms with Gasteiger partial charge in [0.2, 0.25) is 5.91 Å². The first-order valence-electron chi connectivity index (χ1n) is 9.93. The summed E-state index contributed by atoms with van der Waals surface area (Å²) in [5, 5.41) is 6.45. The Morgan fingerprint density at radius 2 is 1.65 bits per heavy atom. The predicted octanol–water partition coefficient (Wildman–Crippen LogP) is 5.87. The third-order valence-electron chi connectivity index (χ3n) is 4.84. The molecule has 154 valence electrons. The largest absolute Gasteiger partial charge is 0.489 e. The summed E-state index contributed by atoms with van der Waals surface area (Å²) in [7, 11) is 0. The Hall–Kier alpha value is -3.44. The standard InChI is InChI=1S/C26H21BrN2O2/c27-23-12-8-19(9-13-23)16-26(30)29-28-17-20-10-14-24(15-11-20)31-18-22-6-3-5-21-4-1-2-7-25(21)22/h1-15,17H,16,18H2,(H,29,30)/b28-17+. The zero-order valence-corrected chi connectivity index (χ0v) is 18.4. The van der Waals surface area contributed by atoms with Gasteiger partial charge in [-0.25, -0.2) is 5.43 Å². The van der Waals surface area contributed by atoms with E-state index >= 15 is 0 Å². The first-order valence-corrected chi connectivity index (χ1v) is 10.7. The second kappa shape index (κ2) is 10.0. The van der Waals surface area contributed by atoms with Gasteiger partial charge in [0, 0.05) is 4.47 Å². The fourth-order valence-corrected chi connectivity index (χ4v) is 3.50. The molecule has 0 aliphatic heterocycles. The van der Waals surface area contributed by atoms with Gasteiger partial charge in [-0.2, -0.15) is 5.10 Å². The first-order chi connectivity index (χ1) is 15.2. The van der Waals surface area contributed by atoms with E-state index < -0.39 is 0 Å². The molecule has 0 unspecified atom stereocenters. The van der Waals surface area contributed by atoms with Crippen LogP contribution in [0.25, 0.3) is 10.8 Å². The van der Waals surface area contributed by atoms with Crippen molar-refractivity contribution in [1.82, 2.24) is 5.43 Å². The molecule has 1 N–H and O–H groups in total. The summed E-state index contributed by atoms with van der Waals surface area (Å²) in [5.74, 6) is 0.623. The maximum atomic E-state index is 12.0. The van der Waals surface area contributed by atoms with Gasteiger partial charge in [0.05, 0.1) is 12.6 Å². The van der Waals surface area contributed by atoms with Crippen molar-refractivity contribution in [2.75, 3.05) is 0 Å². The normalized spacial score (nSPS) is 11.0. The lowest BCUT2D eigenvalue weighted by Gasteiger charge is -2.09. The van der Waals surface area contributed by atoms with Gasteiger partial charge < -0.3 is 4.74 Å². The third-order valence-corrected chi connectivity index (χ3v) is 5.36. The molecule has 4 rings (SSSR count). The van der Waals surface area contributed by atoms with Crippen LogP contribution in [0.2, 0.25) is 0 Å². The van der Waals surface area contributed by atoms with Crippen LogP contribution in [0.4, 0.5) is 0 Å². The molecule has 0 aliphatic rings. The number of amides is 1. The highest BCUT2D eigenvalue weighted by Gasteiger charge is 2.03. The maximum Gasteiger partial charge on any atom is 0.244 e. The Morgan fingerprint density at radius 3 is 2.45 bits per heavy atom. The van der Waals surface area contributed by atoms with Crippen LogP contribution < -0.4 is 10.2 Å². The molecule has 4 nitrogen and oxygen atoms in total. The topological polar surface area (TPSA) is 50.7 Å². The number of hydrazone groups is 1. The molecule has 0 heterocycles. The third kappa shape index (κ3) is 5.80. The summed E-state index contributed by atoms with van der Waals surface area (Å²) in [5.41, 5.74) is 5.52. The smallest absolute Gasteiger partial charge is 0.244 e. The van der Waals surface area contributed by atoms with Crippen molar-refractivity contribution in [2.45, 2.75) is 13.0 Å². The summed E-state index contributed by atoms with van der Waals surface area (Å²) in [6.45, 7) is 0.501. The van der Waals surface area contributed by atoms with E-state index in [1.54, 1.807) is 6.21 Å². The van der Waals surface area contributed by atoms with Crippen LogP contribution in [0.5, 0.6) is 5.75 Å². The van der Waals surface area contributed by atoms with Crippen LogP contribution in [-0.4, -0.2) is 12.1 Å². The van der Waals surface area contributed by atoms with Crippen molar-refractivity contribution in [3.05, 3.63) is 112 Å². The Balaban J connectivity index is 1.29. The summed E-state index contributed by atoms with van der Waals surface area (Å²) >= 11 is 3.38. The van der Waals surface area contributed by atoms with E-state index in [9.17, 15) is 4.79 Å². The molecule has 0 saturated heterocycles. The molecule has 4 aromatic carbocycles. The molecular weight excluding hydrogens is 452 g/mol. The molecule has 0 spiro atoms. The highest BCUT2D eigenvalue weighted by atomic mass is 79.9. The minimum absolute atomic E-state index is 0.159. The second-order valence-electron chi connectivity index (χ2n) is 7.09. The van der Waals surface area contributed by atoms with Gasteiger partial charge in [0.1, 0.15) is 12.4 Å². The Morgan fingerprint density at radius 1 is 0.903 bits per heavy atom. The number of hydrogen-bond donors (Lipinski definition) is 1. The fraction of sp³-hybridized carbons (Fsp3) is 0.0769. The zero-order valence-electron chi connectivity index (χ0n) is 16.8. The van der Waals surface area contributed by atoms with Crippen molar-refractivity contribution >= 4 is 38.8 Å². The van der Waals surface area contributed by atoms with E-state index in [2.05, 4.69) is 50.7 Å². The van der Waals surface area contributed by atoms with E-state index in [1.165, 1.54) is 10.8 Å². The van der Waals surface area contributed by atoms with Crippen molar-refractivity contribution in [3.63, 3.8) is 0 Å². The number of nitrogens with zero attached hydrogens (tertiary/aromatic N) is 1. The molecule has 0 aromatic heterocycles. The van der Waals surface area contributed by atoms with Crippen LogP contribution in [0.3, 0.4) is 0 Å². The Bertz CT molecular complexity index is 1200. The van der Waals surface area contributed by atoms with Gasteiger partial charge in [-0.1, -0.05) is 70.5 Å². The number of carbonyl (C=O) groups excluding carboxylic acids is 1. The predicted molar refractivity (Wildman–Crippen MR) is 128 cm³/mol. The average molecular weight is 473 g/mol. The quantitative estimate of drug-likeness (QED) is 0.270. The number of hydrogen-bond acceptors (Lipinski definition) is 3. The van der Waals surface area contributed by atoms with Crippen LogP contribution in [0.15, 0.2) is 101 Å². The fourth-order valence-electron chi connectivity index (χ4n) is 3.24. The second-order valence-corrected chi connectivity index (χ2v) is 8.01. The van der Waals surface area contributed by atoms with E-state index in [-0.39, 0.29) is 12.3 Å².